The Hall–Kier alpha value is -4.40. The molecule has 0 radical (unpaired) electrons. The molecule has 2 aromatic heterocycles. The zero-order chi connectivity index (χ0) is 31.9. The molecular formula is C31H33F2N7O4S. The summed E-state index contributed by atoms with van der Waals surface area (Å²) < 4.78 is 56.0. The molecule has 0 bridgehead atoms. The van der Waals surface area contributed by atoms with E-state index in [4.69, 9.17) is 0 Å². The molecule has 11 nitrogen and oxygen atoms in total. The van der Waals surface area contributed by atoms with Gasteiger partial charge in [-0.2, -0.15) is 9.40 Å². The SMILES string of the molecule is CC1(C)CN(S(=O)(=O)c2cc(F)cc(F)c2)Cc2c(NC(=O)c3ccc(CN4CCCC4)cc3NC(=O)c3cc[nH]c3)n[nH]c21. The number of amides is 2. The Kier molecular flexibility index (Phi) is 8.05. The number of halogens is 2. The van der Waals surface area contributed by atoms with Gasteiger partial charge in [-0.15, -0.1) is 0 Å². The lowest BCUT2D eigenvalue weighted by molar-refractivity contribution is 0.102. The Labute approximate surface area is 259 Å². The maximum Gasteiger partial charge on any atom is 0.258 e. The molecule has 1 fully saturated rings. The first-order valence-corrected chi connectivity index (χ1v) is 16.0. The van der Waals surface area contributed by atoms with Crippen LogP contribution in [0.25, 0.3) is 0 Å². The van der Waals surface area contributed by atoms with Gasteiger partial charge in [-0.1, -0.05) is 19.9 Å². The van der Waals surface area contributed by atoms with Gasteiger partial charge >= 0.3 is 0 Å². The van der Waals surface area contributed by atoms with E-state index in [-0.39, 0.29) is 24.5 Å². The van der Waals surface area contributed by atoms with Crippen molar-refractivity contribution in [3.63, 3.8) is 0 Å². The van der Waals surface area contributed by atoms with Crippen LogP contribution in [0, 0.1) is 11.6 Å². The van der Waals surface area contributed by atoms with Crippen molar-refractivity contribution in [3.05, 3.63) is 94.4 Å². The molecule has 4 heterocycles. The van der Waals surface area contributed by atoms with Gasteiger partial charge in [-0.25, -0.2) is 17.2 Å². The summed E-state index contributed by atoms with van der Waals surface area (Å²) >= 11 is 0. The topological polar surface area (TPSA) is 143 Å². The lowest BCUT2D eigenvalue weighted by Gasteiger charge is -2.36. The van der Waals surface area contributed by atoms with E-state index in [0.29, 0.717) is 35.1 Å². The predicted octanol–water partition coefficient (Wildman–Crippen LogP) is 4.60. The van der Waals surface area contributed by atoms with Gasteiger partial charge in [-0.3, -0.25) is 19.6 Å². The quantitative estimate of drug-likeness (QED) is 0.223. The molecule has 4 N–H and O–H groups in total. The average Bonchev–Trinajstić information content (AvgIpc) is 3.76. The highest BCUT2D eigenvalue weighted by molar-refractivity contribution is 7.89. The van der Waals surface area contributed by atoms with Gasteiger partial charge in [0.1, 0.15) is 11.6 Å². The zero-order valence-electron chi connectivity index (χ0n) is 24.8. The minimum absolute atomic E-state index is 0.00383. The number of likely N-dealkylation sites (tertiary alicyclic amines) is 1. The highest BCUT2D eigenvalue weighted by Gasteiger charge is 2.41. The number of benzene rings is 2. The van der Waals surface area contributed by atoms with Crippen LogP contribution >= 0.6 is 0 Å². The number of anilines is 2. The largest absolute Gasteiger partial charge is 0.367 e. The highest BCUT2D eigenvalue weighted by Crippen LogP contribution is 2.38. The lowest BCUT2D eigenvalue weighted by atomic mass is 9.84. The predicted molar refractivity (Wildman–Crippen MR) is 163 cm³/mol. The average molecular weight is 638 g/mol. The second kappa shape index (κ2) is 11.8. The number of nitrogens with zero attached hydrogens (tertiary/aromatic N) is 3. The highest BCUT2D eigenvalue weighted by atomic mass is 32.2. The van der Waals surface area contributed by atoms with Crippen molar-refractivity contribution in [2.75, 3.05) is 30.3 Å². The molecule has 6 rings (SSSR count). The van der Waals surface area contributed by atoms with Gasteiger partial charge in [0, 0.05) is 54.8 Å². The number of fused-ring (bicyclic) bond motifs is 1. The standard InChI is InChI=1S/C31H33F2N7O4S/c1-31(2)18-40(45(43,44)23-13-21(32)12-22(33)14-23)17-25-27(31)37-38-28(25)36-30(42)24-6-5-19(16-39-9-3-4-10-39)11-26(24)35-29(41)20-7-8-34-15-20/h5-8,11-15,34H,3-4,9-10,16-18H2,1-2H3,(H,35,41)(H2,36,37,38,42). The first kappa shape index (κ1) is 30.6. The third kappa shape index (κ3) is 6.26. The maximum absolute atomic E-state index is 13.9. The molecule has 2 aliphatic rings. The second-order valence-electron chi connectivity index (χ2n) is 12.1. The van der Waals surface area contributed by atoms with E-state index in [1.54, 1.807) is 44.4 Å². The minimum atomic E-state index is -4.31. The Morgan fingerprint density at radius 2 is 1.73 bits per heavy atom. The molecule has 2 amide bonds. The van der Waals surface area contributed by atoms with E-state index in [9.17, 15) is 26.8 Å². The van der Waals surface area contributed by atoms with E-state index < -0.39 is 43.8 Å². The number of carbonyl (C=O) groups excluding carboxylic acids is 2. The summed E-state index contributed by atoms with van der Waals surface area (Å²) in [7, 11) is -4.31. The van der Waals surface area contributed by atoms with E-state index >= 15 is 0 Å². The van der Waals surface area contributed by atoms with Crippen molar-refractivity contribution in [2.45, 2.75) is 50.1 Å². The van der Waals surface area contributed by atoms with Crippen LogP contribution in [-0.4, -0.2) is 64.3 Å². The molecule has 0 saturated carbocycles. The number of carbonyl (C=O) groups is 2. The Morgan fingerprint density at radius 1 is 1.00 bits per heavy atom. The monoisotopic (exact) mass is 637 g/mol. The molecule has 2 aliphatic heterocycles. The van der Waals surface area contributed by atoms with Crippen LogP contribution in [-0.2, 0) is 28.5 Å². The van der Waals surface area contributed by atoms with Crippen LogP contribution in [0.3, 0.4) is 0 Å². The molecule has 14 heteroatoms. The number of sulfonamides is 1. The smallest absolute Gasteiger partial charge is 0.258 e. The van der Waals surface area contributed by atoms with E-state index in [2.05, 4.69) is 30.7 Å². The molecule has 4 aromatic rings. The van der Waals surface area contributed by atoms with Crippen molar-refractivity contribution in [1.29, 1.82) is 0 Å². The fraction of sp³-hybridized carbons (Fsp3) is 0.323. The number of hydrogen-bond donors (Lipinski definition) is 4. The third-order valence-corrected chi connectivity index (χ3v) is 9.97. The van der Waals surface area contributed by atoms with Gasteiger partial charge in [-0.05, 0) is 61.8 Å². The Bertz CT molecular complexity index is 1850. The summed E-state index contributed by atoms with van der Waals surface area (Å²) in [5.41, 5.74) is 2.10. The normalized spacial score (nSPS) is 16.8. The first-order chi connectivity index (χ1) is 21.4. The molecule has 2 aromatic carbocycles. The summed E-state index contributed by atoms with van der Waals surface area (Å²) in [5, 5.41) is 12.9. The van der Waals surface area contributed by atoms with Gasteiger partial charge in [0.2, 0.25) is 10.0 Å². The van der Waals surface area contributed by atoms with Crippen LogP contribution in [0.4, 0.5) is 20.3 Å². The number of H-pyrrole nitrogens is 2. The van der Waals surface area contributed by atoms with Gasteiger partial charge < -0.3 is 15.6 Å². The van der Waals surface area contributed by atoms with Gasteiger partial charge in [0.15, 0.2) is 5.82 Å². The first-order valence-electron chi connectivity index (χ1n) is 14.6. The minimum Gasteiger partial charge on any atom is -0.367 e. The van der Waals surface area contributed by atoms with Crippen molar-refractivity contribution < 1.29 is 26.8 Å². The maximum atomic E-state index is 13.9. The molecule has 0 spiro atoms. The number of aromatic nitrogens is 3. The Balaban J connectivity index is 1.29. The zero-order valence-corrected chi connectivity index (χ0v) is 25.6. The summed E-state index contributed by atoms with van der Waals surface area (Å²) in [4.78, 5) is 31.4. The third-order valence-electron chi connectivity index (χ3n) is 8.20. The fourth-order valence-corrected chi connectivity index (χ4v) is 7.57. The Morgan fingerprint density at radius 3 is 2.42 bits per heavy atom. The molecule has 0 unspecified atom stereocenters. The van der Waals surface area contributed by atoms with Crippen molar-refractivity contribution >= 4 is 33.3 Å². The van der Waals surface area contributed by atoms with Crippen LogP contribution in [0.2, 0.25) is 0 Å². The number of nitrogens with one attached hydrogen (secondary N) is 4. The lowest BCUT2D eigenvalue weighted by Crippen LogP contribution is -2.45. The summed E-state index contributed by atoms with van der Waals surface area (Å²) in [6, 6.07) is 9.05. The van der Waals surface area contributed by atoms with Crippen LogP contribution in [0.5, 0.6) is 0 Å². The molecule has 45 heavy (non-hydrogen) atoms. The van der Waals surface area contributed by atoms with Crippen LogP contribution < -0.4 is 10.6 Å². The number of hydrogen-bond acceptors (Lipinski definition) is 6. The van der Waals surface area contributed by atoms with Crippen molar-refractivity contribution in [2.24, 2.45) is 0 Å². The van der Waals surface area contributed by atoms with Crippen LogP contribution in [0.15, 0.2) is 59.8 Å². The van der Waals surface area contributed by atoms with Crippen LogP contribution in [0.1, 0.15) is 64.2 Å². The fourth-order valence-electron chi connectivity index (χ4n) is 5.96. The van der Waals surface area contributed by atoms with E-state index in [1.165, 1.54) is 0 Å². The van der Waals surface area contributed by atoms with E-state index in [1.807, 2.05) is 6.07 Å². The summed E-state index contributed by atoms with van der Waals surface area (Å²) in [6.07, 6.45) is 5.43. The molecule has 0 aliphatic carbocycles. The number of aromatic amines is 2. The summed E-state index contributed by atoms with van der Waals surface area (Å²) in [5.74, 6) is -2.86. The molecule has 236 valence electrons. The molecular weight excluding hydrogens is 604 g/mol. The second-order valence-corrected chi connectivity index (χ2v) is 14.0. The van der Waals surface area contributed by atoms with Crippen molar-refractivity contribution in [3.8, 4) is 0 Å². The number of rotatable bonds is 8. The van der Waals surface area contributed by atoms with Crippen molar-refractivity contribution in [1.82, 2.24) is 24.4 Å². The summed E-state index contributed by atoms with van der Waals surface area (Å²) in [6.45, 7) is 6.05. The molecule has 0 atom stereocenters. The van der Waals surface area contributed by atoms with Gasteiger partial charge in [0.25, 0.3) is 11.8 Å². The van der Waals surface area contributed by atoms with Gasteiger partial charge in [0.05, 0.1) is 21.7 Å². The van der Waals surface area contributed by atoms with E-state index in [0.717, 1.165) is 47.9 Å². The molecule has 1 saturated heterocycles.